The minimum Gasteiger partial charge on any atom is -0.390 e. The van der Waals surface area contributed by atoms with Crippen LogP contribution < -0.4 is 0 Å². The summed E-state index contributed by atoms with van der Waals surface area (Å²) in [5, 5.41) is 32.3. The minimum atomic E-state index is -0.352. The van der Waals surface area contributed by atoms with Crippen LogP contribution in [0.1, 0.15) is 25.0 Å². The molecule has 1 aliphatic rings. The Labute approximate surface area is 178 Å². The maximum Gasteiger partial charge on any atom is 0.0999 e. The molecule has 1 N–H and O–H groups in total. The summed E-state index contributed by atoms with van der Waals surface area (Å²) < 4.78 is 10.7. The normalized spacial score (nSPS) is 20.6. The molecule has 1 fully saturated rings. The van der Waals surface area contributed by atoms with E-state index in [2.05, 4.69) is 21.4 Å². The van der Waals surface area contributed by atoms with Gasteiger partial charge in [0.15, 0.2) is 0 Å². The van der Waals surface area contributed by atoms with E-state index >= 15 is 0 Å². The fraction of sp³-hybridized carbons (Fsp3) is 0.381. The van der Waals surface area contributed by atoms with Crippen molar-refractivity contribution in [2.45, 2.75) is 37.5 Å². The van der Waals surface area contributed by atoms with E-state index < -0.39 is 0 Å². The third-order valence-electron chi connectivity index (χ3n) is 6.02. The third kappa shape index (κ3) is 3.10. The molecular formula is C21H22N8O2. The molecule has 0 bridgehead atoms. The summed E-state index contributed by atoms with van der Waals surface area (Å²) in [7, 11) is 3.50. The average molecular weight is 418 g/mol. The topological polar surface area (TPSA) is 119 Å². The van der Waals surface area contributed by atoms with Gasteiger partial charge >= 0.3 is 0 Å². The fourth-order valence-corrected chi connectivity index (χ4v) is 4.35. The van der Waals surface area contributed by atoms with E-state index in [0.717, 1.165) is 35.2 Å². The van der Waals surface area contributed by atoms with Gasteiger partial charge in [0, 0.05) is 37.7 Å². The molecule has 0 saturated heterocycles. The molecule has 1 saturated carbocycles. The molecular weight excluding hydrogens is 396 g/mol. The van der Waals surface area contributed by atoms with Crippen LogP contribution in [0.5, 0.6) is 0 Å². The summed E-state index contributed by atoms with van der Waals surface area (Å²) in [5.41, 5.74) is 4.01. The number of aliphatic hydroxyl groups is 1. The van der Waals surface area contributed by atoms with E-state index in [9.17, 15) is 10.4 Å². The smallest absolute Gasteiger partial charge is 0.0999 e. The van der Waals surface area contributed by atoms with Gasteiger partial charge in [0.2, 0.25) is 0 Å². The zero-order valence-corrected chi connectivity index (χ0v) is 17.3. The molecule has 0 spiro atoms. The fourth-order valence-electron chi connectivity index (χ4n) is 4.35. The lowest BCUT2D eigenvalue weighted by molar-refractivity contribution is -0.0542. The second-order valence-corrected chi connectivity index (χ2v) is 7.96. The van der Waals surface area contributed by atoms with Gasteiger partial charge < -0.3 is 9.84 Å². The maximum absolute atomic E-state index is 9.70. The van der Waals surface area contributed by atoms with Crippen LogP contribution in [0, 0.1) is 11.3 Å². The molecule has 0 amide bonds. The van der Waals surface area contributed by atoms with Crippen LogP contribution in [0.15, 0.2) is 37.1 Å². The first kappa shape index (κ1) is 19.4. The SMILES string of the molecule is CO[C@H]1C[C@](CC#N)(n2cc(-c3nc(-c4cn(C)nc4CO)cn4nccc34)cn2)C1. The van der Waals surface area contributed by atoms with Crippen molar-refractivity contribution in [3.05, 3.63) is 42.7 Å². The van der Waals surface area contributed by atoms with Crippen molar-refractivity contribution in [3.8, 4) is 28.6 Å². The Hall–Kier alpha value is -3.55. The molecule has 4 aromatic rings. The monoisotopic (exact) mass is 418 g/mol. The number of rotatable bonds is 6. The van der Waals surface area contributed by atoms with Crippen LogP contribution in [0.4, 0.5) is 0 Å². The van der Waals surface area contributed by atoms with E-state index in [1.54, 1.807) is 35.7 Å². The molecule has 0 radical (unpaired) electrons. The van der Waals surface area contributed by atoms with Crippen molar-refractivity contribution in [1.82, 2.24) is 34.2 Å². The number of ether oxygens (including phenoxy) is 1. The largest absolute Gasteiger partial charge is 0.390 e. The van der Waals surface area contributed by atoms with Crippen molar-refractivity contribution < 1.29 is 9.84 Å². The van der Waals surface area contributed by atoms with Crippen molar-refractivity contribution in [1.29, 1.82) is 5.26 Å². The Bertz CT molecular complexity index is 1290. The number of nitrogens with zero attached hydrogens (tertiary/aromatic N) is 8. The Morgan fingerprint density at radius 2 is 2.13 bits per heavy atom. The van der Waals surface area contributed by atoms with E-state index in [1.165, 1.54) is 0 Å². The number of hydrogen-bond donors (Lipinski definition) is 1. The number of nitriles is 1. The molecule has 0 aromatic carbocycles. The zero-order valence-electron chi connectivity index (χ0n) is 17.3. The second kappa shape index (κ2) is 7.30. The Morgan fingerprint density at radius 1 is 1.29 bits per heavy atom. The first-order valence-electron chi connectivity index (χ1n) is 10.0. The quantitative estimate of drug-likeness (QED) is 0.508. The van der Waals surface area contributed by atoms with Gasteiger partial charge in [0.05, 0.1) is 71.9 Å². The van der Waals surface area contributed by atoms with Gasteiger partial charge in [-0.3, -0.25) is 9.36 Å². The van der Waals surface area contributed by atoms with Crippen molar-refractivity contribution in [3.63, 3.8) is 0 Å². The van der Waals surface area contributed by atoms with Crippen molar-refractivity contribution in [2.75, 3.05) is 7.11 Å². The standard InChI is InChI=1S/C21H22N8O2/c1-27-11-16(18(13-30)26-27)17-12-28-19(3-6-23-28)20(25-17)14-9-24-29(10-14)21(4-5-22)7-15(8-21)31-2/h3,6,9-12,15,30H,4,7-8,13H2,1-2H3/t15-,21-. The van der Waals surface area contributed by atoms with Gasteiger partial charge in [-0.25, -0.2) is 9.50 Å². The summed E-state index contributed by atoms with van der Waals surface area (Å²) in [4.78, 5) is 4.88. The van der Waals surface area contributed by atoms with Crippen LogP contribution in [-0.4, -0.2) is 52.5 Å². The molecule has 0 unspecified atom stereocenters. The lowest BCUT2D eigenvalue weighted by Crippen LogP contribution is -2.50. The number of aryl methyl sites for hydroxylation is 1. The Morgan fingerprint density at radius 3 is 2.87 bits per heavy atom. The molecule has 4 heterocycles. The average Bonchev–Trinajstić information content (AvgIpc) is 3.48. The summed E-state index contributed by atoms with van der Waals surface area (Å²) >= 11 is 0. The minimum absolute atomic E-state index is 0.145. The van der Waals surface area contributed by atoms with Gasteiger partial charge in [0.25, 0.3) is 0 Å². The number of methoxy groups -OCH3 is 1. The van der Waals surface area contributed by atoms with Gasteiger partial charge in [-0.2, -0.15) is 20.6 Å². The molecule has 10 nitrogen and oxygen atoms in total. The molecule has 0 atom stereocenters. The Kier molecular flexibility index (Phi) is 4.57. The second-order valence-electron chi connectivity index (χ2n) is 7.96. The number of aromatic nitrogens is 7. The summed E-state index contributed by atoms with van der Waals surface area (Å²) in [6, 6.07) is 4.19. The van der Waals surface area contributed by atoms with Crippen LogP contribution in [0.25, 0.3) is 28.0 Å². The van der Waals surface area contributed by atoms with E-state index in [-0.39, 0.29) is 18.2 Å². The number of aliphatic hydroxyl groups excluding tert-OH is 1. The lowest BCUT2D eigenvalue weighted by atomic mass is 9.72. The summed E-state index contributed by atoms with van der Waals surface area (Å²) in [6.45, 7) is -0.181. The highest BCUT2D eigenvalue weighted by Crippen LogP contribution is 2.44. The van der Waals surface area contributed by atoms with Crippen LogP contribution in [0.3, 0.4) is 0 Å². The van der Waals surface area contributed by atoms with Gasteiger partial charge in [-0.1, -0.05) is 0 Å². The molecule has 158 valence electrons. The number of fused-ring (bicyclic) bond motifs is 1. The van der Waals surface area contributed by atoms with Gasteiger partial charge in [0.1, 0.15) is 0 Å². The maximum atomic E-state index is 9.70. The summed E-state index contributed by atoms with van der Waals surface area (Å²) in [6.07, 6.45) is 11.1. The molecule has 0 aliphatic heterocycles. The van der Waals surface area contributed by atoms with Gasteiger partial charge in [-0.15, -0.1) is 0 Å². The van der Waals surface area contributed by atoms with Crippen molar-refractivity contribution >= 4 is 5.52 Å². The van der Waals surface area contributed by atoms with Crippen LogP contribution in [0.2, 0.25) is 0 Å². The van der Waals surface area contributed by atoms with Gasteiger partial charge in [-0.05, 0) is 18.9 Å². The Balaban J connectivity index is 1.60. The zero-order chi connectivity index (χ0) is 21.6. The van der Waals surface area contributed by atoms with E-state index in [1.807, 2.05) is 29.3 Å². The third-order valence-corrected chi connectivity index (χ3v) is 6.02. The highest BCUT2D eigenvalue weighted by Gasteiger charge is 2.47. The van der Waals surface area contributed by atoms with Crippen LogP contribution in [-0.2, 0) is 23.9 Å². The molecule has 4 aromatic heterocycles. The van der Waals surface area contributed by atoms with Crippen LogP contribution >= 0.6 is 0 Å². The first-order valence-corrected chi connectivity index (χ1v) is 10.0. The summed E-state index contributed by atoms with van der Waals surface area (Å²) in [5.74, 6) is 0. The highest BCUT2D eigenvalue weighted by molar-refractivity contribution is 5.78. The predicted molar refractivity (Wildman–Crippen MR) is 111 cm³/mol. The molecule has 5 rings (SSSR count). The molecule has 1 aliphatic carbocycles. The number of hydrogen-bond acceptors (Lipinski definition) is 7. The lowest BCUT2D eigenvalue weighted by Gasteiger charge is -2.45. The van der Waals surface area contributed by atoms with E-state index in [0.29, 0.717) is 17.8 Å². The first-order chi connectivity index (χ1) is 15.1. The predicted octanol–water partition coefficient (Wildman–Crippen LogP) is 1.90. The molecule has 31 heavy (non-hydrogen) atoms. The highest BCUT2D eigenvalue weighted by atomic mass is 16.5. The van der Waals surface area contributed by atoms with Crippen molar-refractivity contribution in [2.24, 2.45) is 7.05 Å². The molecule has 10 heteroatoms. The van der Waals surface area contributed by atoms with E-state index in [4.69, 9.17) is 9.72 Å².